The first-order chi connectivity index (χ1) is 7.81. The summed E-state index contributed by atoms with van der Waals surface area (Å²) in [6.45, 7) is 0. The minimum atomic E-state index is -0.0994. The summed E-state index contributed by atoms with van der Waals surface area (Å²) in [7, 11) is 0. The van der Waals surface area contributed by atoms with E-state index in [-0.39, 0.29) is 11.7 Å². The molecular weight excluding hydrogens is 204 g/mol. The van der Waals surface area contributed by atoms with E-state index in [9.17, 15) is 4.79 Å². The molecule has 1 aliphatic rings. The number of allylic oxidation sites excluding steroid dienone is 2. The van der Waals surface area contributed by atoms with Crippen molar-refractivity contribution in [2.45, 2.75) is 18.8 Å². The van der Waals surface area contributed by atoms with E-state index in [0.29, 0.717) is 12.2 Å². The van der Waals surface area contributed by atoms with Crippen molar-refractivity contribution in [2.75, 3.05) is 0 Å². The number of pyridine rings is 1. The molecule has 0 aliphatic heterocycles. The molecule has 1 atom stereocenters. The second-order valence-corrected chi connectivity index (χ2v) is 3.57. The molecule has 2 rings (SSSR count). The number of hydrogen-bond donors (Lipinski definition) is 0. The predicted octanol–water partition coefficient (Wildman–Crippen LogP) is 3.03. The summed E-state index contributed by atoms with van der Waals surface area (Å²) < 4.78 is 0. The highest BCUT2D eigenvalue weighted by atomic mass is 16.1. The number of azide groups is 1. The van der Waals surface area contributed by atoms with Crippen LogP contribution in [-0.4, -0.2) is 10.8 Å². The molecule has 0 N–H and O–H groups in total. The topological polar surface area (TPSA) is 78.7 Å². The van der Waals surface area contributed by atoms with Crippen molar-refractivity contribution < 1.29 is 4.79 Å². The maximum atomic E-state index is 11.6. The summed E-state index contributed by atoms with van der Waals surface area (Å²) in [6, 6.07) is 3.42. The Hall–Kier alpha value is -2.13. The summed E-state index contributed by atoms with van der Waals surface area (Å²) in [5.74, 6) is 0.434. The fourth-order valence-electron chi connectivity index (χ4n) is 1.74. The molecule has 1 aromatic heterocycles. The quantitative estimate of drug-likeness (QED) is 0.328. The number of aromatic nitrogens is 1. The molecule has 1 unspecified atom stereocenters. The number of rotatable bonds is 2. The molecule has 0 aromatic carbocycles. The Labute approximate surface area is 92.4 Å². The van der Waals surface area contributed by atoms with Crippen molar-refractivity contribution in [3.63, 3.8) is 0 Å². The van der Waals surface area contributed by atoms with Crippen LogP contribution in [0, 0.1) is 0 Å². The molecule has 0 bridgehead atoms. The van der Waals surface area contributed by atoms with Crippen LogP contribution < -0.4 is 0 Å². The molecule has 5 nitrogen and oxygen atoms in total. The number of carbonyl (C=O) groups is 1. The SMILES string of the molecule is [N-]=[N+]=Nc1ccc(C2CC=CCC2=O)cn1. The zero-order valence-corrected chi connectivity index (χ0v) is 8.58. The Balaban J connectivity index is 2.24. The predicted molar refractivity (Wildman–Crippen MR) is 59.2 cm³/mol. The largest absolute Gasteiger partial charge is 0.299 e. The molecule has 1 aromatic rings. The summed E-state index contributed by atoms with van der Waals surface area (Å²) >= 11 is 0. The lowest BCUT2D eigenvalue weighted by Crippen LogP contribution is -2.14. The standard InChI is InChI=1S/C11H10N4O/c12-15-14-11-6-5-8(7-13-11)9-3-1-2-4-10(9)16/h1-2,5-7,9H,3-4H2. The lowest BCUT2D eigenvalue weighted by Gasteiger charge is -2.16. The van der Waals surface area contributed by atoms with Crippen molar-refractivity contribution in [3.8, 4) is 0 Å². The molecule has 5 heteroatoms. The van der Waals surface area contributed by atoms with Crippen molar-refractivity contribution in [3.05, 3.63) is 46.5 Å². The van der Waals surface area contributed by atoms with E-state index < -0.39 is 0 Å². The number of hydrogen-bond acceptors (Lipinski definition) is 3. The summed E-state index contributed by atoms with van der Waals surface area (Å²) in [5, 5.41) is 3.38. The lowest BCUT2D eigenvalue weighted by molar-refractivity contribution is -0.119. The van der Waals surface area contributed by atoms with Gasteiger partial charge in [-0.25, -0.2) is 0 Å². The summed E-state index contributed by atoms with van der Waals surface area (Å²) in [5.41, 5.74) is 9.12. The minimum Gasteiger partial charge on any atom is -0.299 e. The van der Waals surface area contributed by atoms with E-state index in [1.54, 1.807) is 18.3 Å². The van der Waals surface area contributed by atoms with Crippen LogP contribution in [0.4, 0.5) is 5.82 Å². The molecule has 0 amide bonds. The van der Waals surface area contributed by atoms with Crippen LogP contribution in [0.25, 0.3) is 10.4 Å². The molecule has 80 valence electrons. The van der Waals surface area contributed by atoms with Crippen LogP contribution in [0.5, 0.6) is 0 Å². The van der Waals surface area contributed by atoms with Crippen LogP contribution >= 0.6 is 0 Å². The number of ketones is 1. The van der Waals surface area contributed by atoms with Gasteiger partial charge in [0.05, 0.1) is 0 Å². The maximum absolute atomic E-state index is 11.6. The first kappa shape index (κ1) is 10.4. The number of nitrogens with zero attached hydrogens (tertiary/aromatic N) is 4. The average molecular weight is 214 g/mol. The first-order valence-electron chi connectivity index (χ1n) is 5.00. The Bertz CT molecular complexity index is 471. The van der Waals surface area contributed by atoms with Crippen LogP contribution in [0.2, 0.25) is 0 Å². The van der Waals surface area contributed by atoms with E-state index in [1.807, 2.05) is 12.2 Å². The maximum Gasteiger partial charge on any atom is 0.144 e. The molecule has 0 saturated heterocycles. The Morgan fingerprint density at radius 1 is 1.44 bits per heavy atom. The zero-order valence-electron chi connectivity index (χ0n) is 8.58. The van der Waals surface area contributed by atoms with Gasteiger partial charge < -0.3 is 0 Å². The van der Waals surface area contributed by atoms with Crippen LogP contribution in [0.1, 0.15) is 24.3 Å². The monoisotopic (exact) mass is 214 g/mol. The summed E-state index contributed by atoms with van der Waals surface area (Å²) in [4.78, 5) is 18.3. The molecule has 0 saturated carbocycles. The Morgan fingerprint density at radius 2 is 2.31 bits per heavy atom. The zero-order chi connectivity index (χ0) is 11.4. The minimum absolute atomic E-state index is 0.0994. The smallest absolute Gasteiger partial charge is 0.144 e. The van der Waals surface area contributed by atoms with Crippen molar-refractivity contribution in [2.24, 2.45) is 5.11 Å². The van der Waals surface area contributed by atoms with E-state index >= 15 is 0 Å². The fourth-order valence-corrected chi connectivity index (χ4v) is 1.74. The van der Waals surface area contributed by atoms with E-state index in [2.05, 4.69) is 15.0 Å². The highest BCUT2D eigenvalue weighted by Crippen LogP contribution is 2.26. The van der Waals surface area contributed by atoms with Gasteiger partial charge in [-0.3, -0.25) is 9.78 Å². The van der Waals surface area contributed by atoms with E-state index in [4.69, 9.17) is 5.53 Å². The van der Waals surface area contributed by atoms with E-state index in [0.717, 1.165) is 12.0 Å². The van der Waals surface area contributed by atoms with Crippen molar-refractivity contribution in [1.29, 1.82) is 0 Å². The second-order valence-electron chi connectivity index (χ2n) is 3.57. The van der Waals surface area contributed by atoms with Gasteiger partial charge in [0.25, 0.3) is 0 Å². The lowest BCUT2D eigenvalue weighted by atomic mass is 9.87. The third-order valence-electron chi connectivity index (χ3n) is 2.57. The first-order valence-corrected chi connectivity index (χ1v) is 5.00. The van der Waals surface area contributed by atoms with Gasteiger partial charge in [0, 0.05) is 23.4 Å². The second kappa shape index (κ2) is 4.59. The number of Topliss-reactive ketones (excluding diaryl/α,β-unsaturated/α-hetero) is 1. The molecule has 0 spiro atoms. The molecule has 1 aliphatic carbocycles. The molecular formula is C11H10N4O. The molecule has 0 radical (unpaired) electrons. The fraction of sp³-hybridized carbons (Fsp3) is 0.273. The molecule has 16 heavy (non-hydrogen) atoms. The highest BCUT2D eigenvalue weighted by Gasteiger charge is 2.20. The number of carbonyl (C=O) groups excluding carboxylic acids is 1. The van der Waals surface area contributed by atoms with Crippen LogP contribution in [-0.2, 0) is 4.79 Å². The highest BCUT2D eigenvalue weighted by molar-refractivity contribution is 5.88. The van der Waals surface area contributed by atoms with Gasteiger partial charge in [0.15, 0.2) is 0 Å². The average Bonchev–Trinajstić information content (AvgIpc) is 2.31. The van der Waals surface area contributed by atoms with Crippen molar-refractivity contribution >= 4 is 11.6 Å². The summed E-state index contributed by atoms with van der Waals surface area (Å²) in [6.07, 6.45) is 6.71. The van der Waals surface area contributed by atoms with Gasteiger partial charge in [-0.15, -0.1) is 0 Å². The third-order valence-corrected chi connectivity index (χ3v) is 2.57. The van der Waals surface area contributed by atoms with Gasteiger partial charge in [0.1, 0.15) is 11.6 Å². The van der Waals surface area contributed by atoms with Crippen molar-refractivity contribution in [1.82, 2.24) is 4.98 Å². The molecule has 0 fully saturated rings. The van der Waals surface area contributed by atoms with Gasteiger partial charge in [0.2, 0.25) is 0 Å². The third kappa shape index (κ3) is 2.10. The van der Waals surface area contributed by atoms with Gasteiger partial charge in [-0.1, -0.05) is 18.2 Å². The van der Waals surface area contributed by atoms with Gasteiger partial charge >= 0.3 is 0 Å². The Morgan fingerprint density at radius 3 is 2.94 bits per heavy atom. The van der Waals surface area contributed by atoms with Gasteiger partial charge in [-0.05, 0) is 28.7 Å². The van der Waals surface area contributed by atoms with Gasteiger partial charge in [-0.2, -0.15) is 0 Å². The van der Waals surface area contributed by atoms with E-state index in [1.165, 1.54) is 0 Å². The molecule has 1 heterocycles. The van der Waals surface area contributed by atoms with Crippen LogP contribution in [0.15, 0.2) is 35.6 Å². The normalized spacial score (nSPS) is 19.2. The van der Waals surface area contributed by atoms with Crippen LogP contribution in [0.3, 0.4) is 0 Å². The Kier molecular flexibility index (Phi) is 2.98.